The first-order valence-corrected chi connectivity index (χ1v) is 7.39. The van der Waals surface area contributed by atoms with Crippen LogP contribution >= 0.6 is 31.9 Å². The van der Waals surface area contributed by atoms with Gasteiger partial charge in [-0.3, -0.25) is 5.21 Å². The van der Waals surface area contributed by atoms with Gasteiger partial charge in [0.1, 0.15) is 4.95 Å². The largest absolute Gasteiger partial charge is 0.287 e. The van der Waals surface area contributed by atoms with Crippen molar-refractivity contribution in [3.8, 4) is 0 Å². The Kier molecular flexibility index (Phi) is 4.80. The summed E-state index contributed by atoms with van der Waals surface area (Å²) in [5.74, 6) is 0. The molecule has 2 aromatic carbocycles. The van der Waals surface area contributed by atoms with Crippen LogP contribution in [0.1, 0.15) is 10.4 Å². The first-order valence-electron chi connectivity index (χ1n) is 5.56. The monoisotopic (exact) mass is 369 g/mol. The lowest BCUT2D eigenvalue weighted by Gasteiger charge is -2.27. The van der Waals surface area contributed by atoms with Crippen LogP contribution in [-0.4, -0.2) is 10.2 Å². The number of benzene rings is 2. The van der Waals surface area contributed by atoms with Gasteiger partial charge in [0, 0.05) is 0 Å². The van der Waals surface area contributed by atoms with Crippen LogP contribution in [0.15, 0.2) is 60.7 Å². The van der Waals surface area contributed by atoms with Crippen LogP contribution in [0.5, 0.6) is 0 Å². The van der Waals surface area contributed by atoms with Crippen molar-refractivity contribution >= 4 is 37.5 Å². The lowest BCUT2D eigenvalue weighted by Crippen LogP contribution is -2.30. The Hall–Kier alpha value is -0.840. The van der Waals surface area contributed by atoms with E-state index >= 15 is 0 Å². The molecule has 0 saturated heterocycles. The molecule has 2 aromatic rings. The SMILES string of the molecule is ON(c1ccccc1)[C@@H](Br)[C@H](Br)c1ccccc1. The molecule has 94 valence electrons. The summed E-state index contributed by atoms with van der Waals surface area (Å²) in [7, 11) is 0. The predicted molar refractivity (Wildman–Crippen MR) is 81.5 cm³/mol. The maximum absolute atomic E-state index is 10.2. The van der Waals surface area contributed by atoms with Gasteiger partial charge in [0.2, 0.25) is 0 Å². The minimum Gasteiger partial charge on any atom is -0.287 e. The van der Waals surface area contributed by atoms with Crippen molar-refractivity contribution in [2.24, 2.45) is 0 Å². The molecule has 0 aliphatic rings. The summed E-state index contributed by atoms with van der Waals surface area (Å²) < 4.78 is 0. The second-order valence-corrected chi connectivity index (χ2v) is 5.79. The van der Waals surface area contributed by atoms with Crippen molar-refractivity contribution in [2.45, 2.75) is 9.78 Å². The zero-order valence-corrected chi connectivity index (χ0v) is 12.8. The molecule has 2 nitrogen and oxygen atoms in total. The highest BCUT2D eigenvalue weighted by Gasteiger charge is 2.23. The van der Waals surface area contributed by atoms with Crippen LogP contribution in [0.3, 0.4) is 0 Å². The molecule has 0 aromatic heterocycles. The third-order valence-electron chi connectivity index (χ3n) is 2.61. The first kappa shape index (κ1) is 13.6. The standard InChI is InChI=1S/C14H13Br2NO/c15-13(11-7-3-1-4-8-11)14(16)17(18)12-9-5-2-6-10-12/h1-10,13-14,18H/t13-,14-/m1/s1. The van der Waals surface area contributed by atoms with Crippen LogP contribution in [0.2, 0.25) is 0 Å². The van der Waals surface area contributed by atoms with E-state index in [-0.39, 0.29) is 9.78 Å². The minimum atomic E-state index is -0.248. The van der Waals surface area contributed by atoms with E-state index in [0.29, 0.717) is 0 Å². The van der Waals surface area contributed by atoms with E-state index in [4.69, 9.17) is 0 Å². The Morgan fingerprint density at radius 3 is 1.89 bits per heavy atom. The maximum Gasteiger partial charge on any atom is 0.127 e. The number of hydroxylamine groups is 1. The summed E-state index contributed by atoms with van der Waals surface area (Å²) in [6, 6.07) is 19.4. The summed E-state index contributed by atoms with van der Waals surface area (Å²) in [4.78, 5) is -0.258. The van der Waals surface area contributed by atoms with Crippen molar-refractivity contribution in [2.75, 3.05) is 5.06 Å². The maximum atomic E-state index is 10.2. The number of halogens is 2. The van der Waals surface area contributed by atoms with Gasteiger partial charge in [0.05, 0.1) is 10.5 Å². The number of para-hydroxylation sites is 1. The third kappa shape index (κ3) is 3.13. The van der Waals surface area contributed by atoms with Gasteiger partial charge in [-0.05, 0) is 17.7 Å². The van der Waals surface area contributed by atoms with Crippen LogP contribution in [0.25, 0.3) is 0 Å². The summed E-state index contributed by atoms with van der Waals surface area (Å²) in [6.45, 7) is 0. The Balaban J connectivity index is 2.14. The molecule has 0 saturated carbocycles. The topological polar surface area (TPSA) is 23.5 Å². The Morgan fingerprint density at radius 2 is 1.33 bits per heavy atom. The summed E-state index contributed by atoms with van der Waals surface area (Å²) in [5.41, 5.74) is 1.86. The van der Waals surface area contributed by atoms with Gasteiger partial charge in [-0.15, -0.1) is 0 Å². The van der Waals surface area contributed by atoms with Crippen molar-refractivity contribution in [3.63, 3.8) is 0 Å². The molecule has 0 aliphatic heterocycles. The zero-order chi connectivity index (χ0) is 13.0. The van der Waals surface area contributed by atoms with Crippen molar-refractivity contribution in [1.82, 2.24) is 0 Å². The van der Waals surface area contributed by atoms with Crippen LogP contribution in [-0.2, 0) is 0 Å². The molecular weight excluding hydrogens is 358 g/mol. The molecule has 2 rings (SSSR count). The number of hydrogen-bond acceptors (Lipinski definition) is 2. The summed E-state index contributed by atoms with van der Waals surface area (Å²) in [6.07, 6.45) is 0. The van der Waals surface area contributed by atoms with Gasteiger partial charge >= 0.3 is 0 Å². The minimum absolute atomic E-state index is 0.0103. The van der Waals surface area contributed by atoms with Crippen molar-refractivity contribution in [1.29, 1.82) is 0 Å². The van der Waals surface area contributed by atoms with Crippen LogP contribution < -0.4 is 5.06 Å². The molecule has 2 atom stereocenters. The fourth-order valence-electron chi connectivity index (χ4n) is 1.64. The van der Waals surface area contributed by atoms with E-state index in [1.807, 2.05) is 60.7 Å². The van der Waals surface area contributed by atoms with Gasteiger partial charge in [0.15, 0.2) is 0 Å². The highest BCUT2D eigenvalue weighted by atomic mass is 79.9. The Bertz CT molecular complexity index is 432. The van der Waals surface area contributed by atoms with Gasteiger partial charge in [-0.1, -0.05) is 80.4 Å². The highest BCUT2D eigenvalue weighted by Crippen LogP contribution is 2.34. The van der Waals surface area contributed by atoms with Gasteiger partial charge in [0.25, 0.3) is 0 Å². The number of anilines is 1. The molecule has 0 heterocycles. The fourth-order valence-corrected chi connectivity index (χ4v) is 2.71. The number of rotatable bonds is 4. The average molecular weight is 371 g/mol. The number of nitrogens with zero attached hydrogens (tertiary/aromatic N) is 1. The molecule has 0 bridgehead atoms. The number of alkyl halides is 2. The van der Waals surface area contributed by atoms with Crippen molar-refractivity contribution in [3.05, 3.63) is 66.2 Å². The van der Waals surface area contributed by atoms with Crippen molar-refractivity contribution < 1.29 is 5.21 Å². The first-order chi connectivity index (χ1) is 8.70. The lowest BCUT2D eigenvalue weighted by molar-refractivity contribution is 0.246. The van der Waals surface area contributed by atoms with E-state index < -0.39 is 0 Å². The Labute approximate surface area is 123 Å². The predicted octanol–water partition coefficient (Wildman–Crippen LogP) is 4.74. The molecular formula is C14H13Br2NO. The smallest absolute Gasteiger partial charge is 0.127 e. The van der Waals surface area contributed by atoms with E-state index in [2.05, 4.69) is 31.9 Å². The van der Waals surface area contributed by atoms with E-state index in [1.54, 1.807) is 0 Å². The van der Waals surface area contributed by atoms with E-state index in [1.165, 1.54) is 5.06 Å². The molecule has 4 heteroatoms. The molecule has 0 unspecified atom stereocenters. The van der Waals surface area contributed by atoms with E-state index in [0.717, 1.165) is 11.3 Å². The van der Waals surface area contributed by atoms with Gasteiger partial charge < -0.3 is 0 Å². The lowest BCUT2D eigenvalue weighted by atomic mass is 10.1. The zero-order valence-electron chi connectivity index (χ0n) is 9.58. The van der Waals surface area contributed by atoms with E-state index in [9.17, 15) is 5.21 Å². The highest BCUT2D eigenvalue weighted by molar-refractivity contribution is 9.12. The molecule has 1 N–H and O–H groups in total. The molecule has 18 heavy (non-hydrogen) atoms. The Morgan fingerprint density at radius 1 is 0.833 bits per heavy atom. The third-order valence-corrected chi connectivity index (χ3v) is 5.27. The molecule has 0 amide bonds. The second kappa shape index (κ2) is 6.36. The quantitative estimate of drug-likeness (QED) is 0.477. The number of hydrogen-bond donors (Lipinski definition) is 1. The summed E-state index contributed by atoms with van der Waals surface area (Å²) in [5, 5.41) is 11.4. The molecule has 0 fully saturated rings. The molecule has 0 spiro atoms. The second-order valence-electron chi connectivity index (χ2n) is 3.87. The van der Waals surface area contributed by atoms with Crippen LogP contribution in [0.4, 0.5) is 5.69 Å². The van der Waals surface area contributed by atoms with Gasteiger partial charge in [-0.2, -0.15) is 0 Å². The molecule has 0 aliphatic carbocycles. The van der Waals surface area contributed by atoms with Gasteiger partial charge in [-0.25, -0.2) is 5.06 Å². The normalized spacial score (nSPS) is 13.9. The average Bonchev–Trinajstić information content (AvgIpc) is 2.47. The summed E-state index contributed by atoms with van der Waals surface area (Å²) >= 11 is 7.11. The molecule has 0 radical (unpaired) electrons. The van der Waals surface area contributed by atoms with Crippen LogP contribution in [0, 0.1) is 0 Å². The fraction of sp³-hybridized carbons (Fsp3) is 0.143.